The van der Waals surface area contributed by atoms with Gasteiger partial charge in [-0.2, -0.15) is 0 Å². The van der Waals surface area contributed by atoms with E-state index in [0.29, 0.717) is 0 Å². The van der Waals surface area contributed by atoms with Gasteiger partial charge in [0.25, 0.3) is 0 Å². The molecule has 0 N–H and O–H groups in total. The molecule has 1 rings (SSSR count). The van der Waals surface area contributed by atoms with Gasteiger partial charge in [-0.25, -0.2) is 0 Å². The van der Waals surface area contributed by atoms with Crippen molar-refractivity contribution in [3.05, 3.63) is 21.5 Å². The zero-order chi connectivity index (χ0) is 7.72. The van der Waals surface area contributed by atoms with Crippen LogP contribution in [0.2, 0.25) is 0 Å². The van der Waals surface area contributed by atoms with Crippen molar-refractivity contribution in [1.29, 1.82) is 0 Å². The van der Waals surface area contributed by atoms with E-state index in [9.17, 15) is 15.3 Å². The molecule has 0 aliphatic heterocycles. The number of hydrogen-bond donors (Lipinski definition) is 0. The molecule has 0 aliphatic rings. The van der Waals surface area contributed by atoms with E-state index in [-0.39, 0.29) is 4.85 Å². The van der Waals surface area contributed by atoms with E-state index < -0.39 is 10.7 Å². The highest BCUT2D eigenvalue weighted by Crippen LogP contribution is 1.97. The van der Waals surface area contributed by atoms with E-state index in [1.165, 1.54) is 7.05 Å². The van der Waals surface area contributed by atoms with E-state index in [1.807, 2.05) is 0 Å². The third-order valence-electron chi connectivity index (χ3n) is 0.986. The van der Waals surface area contributed by atoms with Crippen molar-refractivity contribution in [2.24, 2.45) is 7.05 Å². The summed E-state index contributed by atoms with van der Waals surface area (Å²) in [6.07, 6.45) is 0.896. The molecule has 0 saturated carbocycles. The molecule has 0 atom stereocenters. The zero-order valence-corrected chi connectivity index (χ0v) is 5.09. The summed E-state index contributed by atoms with van der Waals surface area (Å²) in [6.45, 7) is 0. The van der Waals surface area contributed by atoms with Crippen LogP contribution in [-0.4, -0.2) is 14.8 Å². The van der Waals surface area contributed by atoms with Crippen LogP contribution in [0.15, 0.2) is 6.20 Å². The first-order valence-electron chi connectivity index (χ1n) is 2.39. The SMILES string of the molecule is Cn1ncc([N+](=O)[O-])[n+]1[O-]. The Hall–Kier alpha value is -1.66. The summed E-state index contributed by atoms with van der Waals surface area (Å²) in [4.78, 5) is 10.1. The highest BCUT2D eigenvalue weighted by molar-refractivity contribution is 5.00. The maximum Gasteiger partial charge on any atom is 0.558 e. The Morgan fingerprint density at radius 3 is 2.70 bits per heavy atom. The van der Waals surface area contributed by atoms with Gasteiger partial charge in [0.1, 0.15) is 4.92 Å². The number of nitro groups is 1. The van der Waals surface area contributed by atoms with Gasteiger partial charge in [0, 0.05) is 4.85 Å². The Kier molecular flexibility index (Phi) is 1.25. The average molecular weight is 144 g/mol. The summed E-state index contributed by atoms with van der Waals surface area (Å²) in [5.41, 5.74) is 0. The second kappa shape index (κ2) is 1.94. The Morgan fingerprint density at radius 1 is 1.90 bits per heavy atom. The van der Waals surface area contributed by atoms with E-state index >= 15 is 0 Å². The third-order valence-corrected chi connectivity index (χ3v) is 0.986. The van der Waals surface area contributed by atoms with Gasteiger partial charge >= 0.3 is 5.82 Å². The van der Waals surface area contributed by atoms with Gasteiger partial charge in [-0.15, -0.1) is 5.10 Å². The maximum atomic E-state index is 10.6. The summed E-state index contributed by atoms with van der Waals surface area (Å²) in [7, 11) is 1.32. The molecule has 1 aromatic heterocycles. The highest BCUT2D eigenvalue weighted by Gasteiger charge is 2.22. The van der Waals surface area contributed by atoms with Crippen molar-refractivity contribution in [1.82, 2.24) is 9.90 Å². The monoisotopic (exact) mass is 144 g/mol. The molecule has 10 heavy (non-hydrogen) atoms. The molecule has 0 radical (unpaired) electrons. The van der Waals surface area contributed by atoms with Gasteiger partial charge in [-0.05, 0) is 0 Å². The first kappa shape index (κ1) is 6.46. The topological polar surface area (TPSA) is 87.9 Å². The van der Waals surface area contributed by atoms with E-state index in [1.54, 1.807) is 0 Å². The minimum absolute atomic E-state index is 0.0972. The number of hydrogen-bond acceptors (Lipinski definition) is 4. The van der Waals surface area contributed by atoms with Crippen LogP contribution < -0.4 is 4.85 Å². The number of aromatic nitrogens is 3. The van der Waals surface area contributed by atoms with Gasteiger partial charge < -0.3 is 5.21 Å². The van der Waals surface area contributed by atoms with Crippen molar-refractivity contribution < 1.29 is 9.77 Å². The Bertz CT molecular complexity index is 267. The molecule has 1 heterocycles. The predicted octanol–water partition coefficient (Wildman–Crippen LogP) is -1.04. The lowest BCUT2D eigenvalue weighted by atomic mass is 10.8. The molecule has 7 heteroatoms. The van der Waals surface area contributed by atoms with Crippen LogP contribution in [0.3, 0.4) is 0 Å². The second-order valence-corrected chi connectivity index (χ2v) is 1.62. The fourth-order valence-corrected chi connectivity index (χ4v) is 0.497. The van der Waals surface area contributed by atoms with Gasteiger partial charge in [0.15, 0.2) is 0 Å². The second-order valence-electron chi connectivity index (χ2n) is 1.62. The molecule has 0 fully saturated rings. The average Bonchev–Trinajstić information content (AvgIpc) is 2.14. The summed E-state index contributed by atoms with van der Waals surface area (Å²) in [6, 6.07) is 0. The fraction of sp³-hybridized carbons (Fsp3) is 0.333. The molecule has 0 aliphatic carbocycles. The van der Waals surface area contributed by atoms with Crippen molar-refractivity contribution >= 4 is 5.82 Å². The first-order valence-corrected chi connectivity index (χ1v) is 2.39. The van der Waals surface area contributed by atoms with Crippen LogP contribution >= 0.6 is 0 Å². The standard InChI is InChI=1S/C3H4N4O3/c1-5-4-2-3(6(5)8)7(9)10/h2H,1H3. The Morgan fingerprint density at radius 2 is 2.50 bits per heavy atom. The van der Waals surface area contributed by atoms with Crippen molar-refractivity contribution in [3.63, 3.8) is 0 Å². The molecule has 0 amide bonds. The summed E-state index contributed by atoms with van der Waals surface area (Å²) in [5, 5.41) is 23.9. The van der Waals surface area contributed by atoms with Crippen molar-refractivity contribution in [2.75, 3.05) is 0 Å². The first-order chi connectivity index (χ1) is 4.63. The van der Waals surface area contributed by atoms with Gasteiger partial charge in [0.2, 0.25) is 6.20 Å². The van der Waals surface area contributed by atoms with Crippen LogP contribution in [0.5, 0.6) is 0 Å². The number of aryl methyl sites for hydroxylation is 1. The largest absolute Gasteiger partial charge is 0.590 e. The Labute approximate surface area is 55.2 Å². The quantitative estimate of drug-likeness (QED) is 0.218. The molecule has 54 valence electrons. The van der Waals surface area contributed by atoms with E-state index in [4.69, 9.17) is 0 Å². The highest BCUT2D eigenvalue weighted by atomic mass is 16.6. The molecule has 0 bridgehead atoms. The molecule has 0 saturated heterocycles. The van der Waals surface area contributed by atoms with Crippen molar-refractivity contribution in [3.8, 4) is 0 Å². The van der Waals surface area contributed by atoms with Crippen LogP contribution in [-0.2, 0) is 7.05 Å². The minimum atomic E-state index is -0.792. The summed E-state index contributed by atoms with van der Waals surface area (Å²) in [5.74, 6) is -0.567. The molecule has 0 spiro atoms. The molecule has 7 nitrogen and oxygen atoms in total. The molecular weight excluding hydrogens is 140 g/mol. The smallest absolute Gasteiger partial charge is 0.558 e. The van der Waals surface area contributed by atoms with Crippen LogP contribution in [0.1, 0.15) is 0 Å². The molecular formula is C3H4N4O3. The zero-order valence-electron chi connectivity index (χ0n) is 5.09. The van der Waals surface area contributed by atoms with Gasteiger partial charge in [-0.1, -0.05) is 4.80 Å². The van der Waals surface area contributed by atoms with Crippen LogP contribution in [0, 0.1) is 15.3 Å². The lowest BCUT2D eigenvalue weighted by Gasteiger charge is -1.89. The third kappa shape index (κ3) is 0.768. The van der Waals surface area contributed by atoms with E-state index in [2.05, 4.69) is 5.10 Å². The maximum absolute atomic E-state index is 10.6. The lowest BCUT2D eigenvalue weighted by molar-refractivity contribution is -0.734. The fourth-order valence-electron chi connectivity index (χ4n) is 0.497. The summed E-state index contributed by atoms with van der Waals surface area (Å²) >= 11 is 0. The van der Waals surface area contributed by atoms with Crippen LogP contribution in [0.4, 0.5) is 5.82 Å². The van der Waals surface area contributed by atoms with Gasteiger partial charge in [-0.3, -0.25) is 10.1 Å². The normalized spacial score (nSPS) is 9.70. The number of rotatable bonds is 1. The predicted molar refractivity (Wildman–Crippen MR) is 28.8 cm³/mol. The minimum Gasteiger partial charge on any atom is -0.590 e. The molecule has 0 aromatic carbocycles. The lowest BCUT2D eigenvalue weighted by Crippen LogP contribution is -2.37. The summed E-state index contributed by atoms with van der Waals surface area (Å²) < 4.78 is 0. The van der Waals surface area contributed by atoms with Crippen LogP contribution in [0.25, 0.3) is 0 Å². The number of nitrogens with zero attached hydrogens (tertiary/aromatic N) is 4. The molecule has 0 unspecified atom stereocenters. The van der Waals surface area contributed by atoms with Crippen molar-refractivity contribution in [2.45, 2.75) is 0 Å². The van der Waals surface area contributed by atoms with Gasteiger partial charge in [0.05, 0.1) is 7.05 Å². The molecule has 1 aromatic rings. The Balaban J connectivity index is 3.17. The van der Waals surface area contributed by atoms with E-state index in [0.717, 1.165) is 11.0 Å².